The fraction of sp³-hybridized carbons (Fsp3) is 0.562. The lowest BCUT2D eigenvalue weighted by molar-refractivity contribution is -0.121. The Balaban J connectivity index is 2.47. The van der Waals surface area contributed by atoms with Crippen LogP contribution in [0.5, 0.6) is 0 Å². The summed E-state index contributed by atoms with van der Waals surface area (Å²) in [7, 11) is 0. The van der Waals surface area contributed by atoms with Crippen molar-refractivity contribution in [2.24, 2.45) is 5.92 Å². The molecule has 1 atom stereocenters. The molecule has 19 heavy (non-hydrogen) atoms. The van der Waals surface area contributed by atoms with Gasteiger partial charge in [-0.05, 0) is 37.0 Å². The number of carbonyl (C=O) groups excluding carboxylic acids is 1. The van der Waals surface area contributed by atoms with Gasteiger partial charge < -0.3 is 10.6 Å². The lowest BCUT2D eigenvalue weighted by Crippen LogP contribution is -2.39. The van der Waals surface area contributed by atoms with Crippen LogP contribution in [0.3, 0.4) is 0 Å². The molecule has 0 saturated heterocycles. The van der Waals surface area contributed by atoms with E-state index < -0.39 is 0 Å². The predicted molar refractivity (Wildman–Crippen MR) is 81.4 cm³/mol. The second-order valence-electron chi connectivity index (χ2n) is 5.45. The topological polar surface area (TPSA) is 41.1 Å². The minimum Gasteiger partial charge on any atom is -0.374 e. The SMILES string of the molecule is CCCc1ccc(NC(C)C(=O)NCC(C)C)cc1. The Morgan fingerprint density at radius 3 is 2.32 bits per heavy atom. The van der Waals surface area contributed by atoms with Crippen LogP contribution in [0.4, 0.5) is 5.69 Å². The highest BCUT2D eigenvalue weighted by Gasteiger charge is 2.12. The van der Waals surface area contributed by atoms with E-state index in [4.69, 9.17) is 0 Å². The summed E-state index contributed by atoms with van der Waals surface area (Å²) in [6.07, 6.45) is 2.26. The van der Waals surface area contributed by atoms with Crippen LogP contribution in [0.25, 0.3) is 0 Å². The summed E-state index contributed by atoms with van der Waals surface area (Å²) >= 11 is 0. The van der Waals surface area contributed by atoms with Crippen molar-refractivity contribution in [3.63, 3.8) is 0 Å². The zero-order chi connectivity index (χ0) is 14.3. The summed E-state index contributed by atoms with van der Waals surface area (Å²) in [6, 6.07) is 8.10. The molecule has 0 fully saturated rings. The maximum atomic E-state index is 11.8. The number of aryl methyl sites for hydroxylation is 1. The van der Waals surface area contributed by atoms with Gasteiger partial charge in [0, 0.05) is 12.2 Å². The summed E-state index contributed by atoms with van der Waals surface area (Å²) in [6.45, 7) is 8.96. The van der Waals surface area contributed by atoms with Gasteiger partial charge >= 0.3 is 0 Å². The minimum absolute atomic E-state index is 0.0475. The van der Waals surface area contributed by atoms with Crippen molar-refractivity contribution >= 4 is 11.6 Å². The number of hydrogen-bond acceptors (Lipinski definition) is 2. The Morgan fingerprint density at radius 1 is 1.16 bits per heavy atom. The Labute approximate surface area is 116 Å². The van der Waals surface area contributed by atoms with Gasteiger partial charge in [-0.3, -0.25) is 4.79 Å². The first-order valence-electron chi connectivity index (χ1n) is 7.16. The van der Waals surface area contributed by atoms with Crippen LogP contribution in [0.15, 0.2) is 24.3 Å². The predicted octanol–water partition coefficient (Wildman–Crippen LogP) is 3.21. The first-order valence-corrected chi connectivity index (χ1v) is 7.16. The van der Waals surface area contributed by atoms with Crippen molar-refractivity contribution in [3.05, 3.63) is 29.8 Å². The molecule has 1 amide bonds. The summed E-state index contributed by atoms with van der Waals surface area (Å²) in [5.41, 5.74) is 2.33. The third-order valence-electron chi connectivity index (χ3n) is 2.95. The molecule has 0 saturated carbocycles. The Bertz CT molecular complexity index is 384. The van der Waals surface area contributed by atoms with Crippen molar-refractivity contribution in [1.82, 2.24) is 5.32 Å². The van der Waals surface area contributed by atoms with Crippen molar-refractivity contribution in [2.45, 2.75) is 46.6 Å². The molecule has 106 valence electrons. The molecule has 0 aromatic heterocycles. The minimum atomic E-state index is -0.212. The molecule has 0 spiro atoms. The quantitative estimate of drug-likeness (QED) is 0.792. The zero-order valence-electron chi connectivity index (χ0n) is 12.5. The van der Waals surface area contributed by atoms with E-state index in [1.807, 2.05) is 19.1 Å². The normalized spacial score (nSPS) is 12.3. The number of amides is 1. The number of hydrogen-bond donors (Lipinski definition) is 2. The van der Waals surface area contributed by atoms with Crippen LogP contribution in [-0.4, -0.2) is 18.5 Å². The van der Waals surface area contributed by atoms with Crippen molar-refractivity contribution < 1.29 is 4.79 Å². The molecule has 0 aliphatic carbocycles. The van der Waals surface area contributed by atoms with E-state index in [0.717, 1.165) is 25.1 Å². The van der Waals surface area contributed by atoms with E-state index in [-0.39, 0.29) is 11.9 Å². The molecule has 1 aromatic carbocycles. The number of rotatable bonds is 7. The zero-order valence-corrected chi connectivity index (χ0v) is 12.5. The van der Waals surface area contributed by atoms with Gasteiger partial charge in [-0.15, -0.1) is 0 Å². The molecule has 0 aliphatic heterocycles. The fourth-order valence-electron chi connectivity index (χ4n) is 1.83. The van der Waals surface area contributed by atoms with E-state index in [0.29, 0.717) is 5.92 Å². The molecular formula is C16H26N2O. The Morgan fingerprint density at radius 2 is 1.79 bits per heavy atom. The van der Waals surface area contributed by atoms with Gasteiger partial charge in [0.25, 0.3) is 0 Å². The Kier molecular flexibility index (Phi) is 6.40. The molecule has 1 unspecified atom stereocenters. The van der Waals surface area contributed by atoms with E-state index in [1.54, 1.807) is 0 Å². The molecular weight excluding hydrogens is 236 g/mol. The number of anilines is 1. The molecule has 0 radical (unpaired) electrons. The highest BCUT2D eigenvalue weighted by molar-refractivity contribution is 5.84. The molecule has 0 aliphatic rings. The van der Waals surface area contributed by atoms with E-state index in [9.17, 15) is 4.79 Å². The summed E-state index contributed by atoms with van der Waals surface area (Å²) in [5, 5.41) is 6.16. The number of carbonyl (C=O) groups is 1. The van der Waals surface area contributed by atoms with Gasteiger partial charge in [0.15, 0.2) is 0 Å². The van der Waals surface area contributed by atoms with Gasteiger partial charge in [-0.2, -0.15) is 0 Å². The van der Waals surface area contributed by atoms with Crippen LogP contribution in [0.1, 0.15) is 39.7 Å². The third-order valence-corrected chi connectivity index (χ3v) is 2.95. The molecule has 0 bridgehead atoms. The molecule has 1 rings (SSSR count). The van der Waals surface area contributed by atoms with Gasteiger partial charge in [0.05, 0.1) is 0 Å². The number of benzene rings is 1. The van der Waals surface area contributed by atoms with E-state index >= 15 is 0 Å². The van der Waals surface area contributed by atoms with Gasteiger partial charge in [-0.1, -0.05) is 39.3 Å². The van der Waals surface area contributed by atoms with E-state index in [2.05, 4.69) is 43.5 Å². The number of nitrogens with one attached hydrogen (secondary N) is 2. The van der Waals surface area contributed by atoms with Crippen molar-refractivity contribution in [1.29, 1.82) is 0 Å². The van der Waals surface area contributed by atoms with Crippen molar-refractivity contribution in [3.8, 4) is 0 Å². The van der Waals surface area contributed by atoms with Crippen LogP contribution < -0.4 is 10.6 Å². The average Bonchev–Trinajstić information content (AvgIpc) is 2.38. The lowest BCUT2D eigenvalue weighted by atomic mass is 10.1. The summed E-state index contributed by atoms with van der Waals surface area (Å²) in [4.78, 5) is 11.8. The highest BCUT2D eigenvalue weighted by atomic mass is 16.2. The average molecular weight is 262 g/mol. The van der Waals surface area contributed by atoms with Crippen LogP contribution in [0, 0.1) is 5.92 Å². The van der Waals surface area contributed by atoms with Crippen LogP contribution >= 0.6 is 0 Å². The van der Waals surface area contributed by atoms with Crippen LogP contribution in [0.2, 0.25) is 0 Å². The Hall–Kier alpha value is -1.51. The smallest absolute Gasteiger partial charge is 0.242 e. The van der Waals surface area contributed by atoms with Crippen molar-refractivity contribution in [2.75, 3.05) is 11.9 Å². The molecule has 3 nitrogen and oxygen atoms in total. The second kappa shape index (κ2) is 7.82. The maximum absolute atomic E-state index is 11.8. The van der Waals surface area contributed by atoms with E-state index in [1.165, 1.54) is 5.56 Å². The summed E-state index contributed by atoms with van der Waals surface area (Å²) in [5.74, 6) is 0.524. The molecule has 2 N–H and O–H groups in total. The molecule has 1 aromatic rings. The molecule has 0 heterocycles. The monoisotopic (exact) mass is 262 g/mol. The van der Waals surface area contributed by atoms with Gasteiger partial charge in [-0.25, -0.2) is 0 Å². The fourth-order valence-corrected chi connectivity index (χ4v) is 1.83. The second-order valence-corrected chi connectivity index (χ2v) is 5.45. The first kappa shape index (κ1) is 15.5. The maximum Gasteiger partial charge on any atom is 0.242 e. The third kappa shape index (κ3) is 5.77. The molecule has 3 heteroatoms. The van der Waals surface area contributed by atoms with Crippen LogP contribution in [-0.2, 0) is 11.2 Å². The largest absolute Gasteiger partial charge is 0.374 e. The van der Waals surface area contributed by atoms with Gasteiger partial charge in [0.2, 0.25) is 5.91 Å². The summed E-state index contributed by atoms with van der Waals surface area (Å²) < 4.78 is 0. The van der Waals surface area contributed by atoms with Gasteiger partial charge in [0.1, 0.15) is 6.04 Å². The highest BCUT2D eigenvalue weighted by Crippen LogP contribution is 2.12. The first-order chi connectivity index (χ1) is 9.02. The standard InChI is InChI=1S/C16H26N2O/c1-5-6-14-7-9-15(10-8-14)18-13(4)16(19)17-11-12(2)3/h7-10,12-13,18H,5-6,11H2,1-4H3,(H,17,19). The lowest BCUT2D eigenvalue weighted by Gasteiger charge is -2.16.